The fourth-order valence-electron chi connectivity index (χ4n) is 1.31. The van der Waals surface area contributed by atoms with Crippen molar-refractivity contribution in [1.29, 1.82) is 0 Å². The zero-order chi connectivity index (χ0) is 9.90. The highest BCUT2D eigenvalue weighted by Gasteiger charge is 2.24. The molecule has 0 aliphatic carbocycles. The van der Waals surface area contributed by atoms with Gasteiger partial charge < -0.3 is 0 Å². The van der Waals surface area contributed by atoms with E-state index in [4.69, 9.17) is 5.14 Å². The lowest BCUT2D eigenvalue weighted by Crippen LogP contribution is -2.30. The lowest BCUT2D eigenvalue weighted by atomic mass is 10.0. The molecule has 1 unspecified atom stereocenters. The van der Waals surface area contributed by atoms with Crippen molar-refractivity contribution in [3.63, 3.8) is 0 Å². The summed E-state index contributed by atoms with van der Waals surface area (Å²) < 4.78 is 21.3. The molecule has 4 nitrogen and oxygen atoms in total. The summed E-state index contributed by atoms with van der Waals surface area (Å²) in [5, 5.41) is 4.79. The van der Waals surface area contributed by atoms with Crippen molar-refractivity contribution >= 4 is 27.6 Å². The molecule has 1 aliphatic rings. The first kappa shape index (κ1) is 11.0. The predicted molar refractivity (Wildman–Crippen MR) is 53.0 cm³/mol. The molecule has 0 aromatic rings. The second kappa shape index (κ2) is 4.43. The van der Waals surface area contributed by atoms with E-state index < -0.39 is 15.8 Å². The molecule has 6 heteroatoms. The maximum Gasteiger partial charge on any atom is 0.216 e. The van der Waals surface area contributed by atoms with Gasteiger partial charge in [-0.05, 0) is 18.6 Å². The molecule has 1 fully saturated rings. The van der Waals surface area contributed by atoms with E-state index in [1.165, 1.54) is 0 Å². The van der Waals surface area contributed by atoms with Gasteiger partial charge in [0.2, 0.25) is 10.0 Å². The lowest BCUT2D eigenvalue weighted by molar-refractivity contribution is -0.119. The first-order valence-corrected chi connectivity index (χ1v) is 6.97. The molecule has 1 rings (SSSR count). The van der Waals surface area contributed by atoms with Crippen LogP contribution in [0, 0.1) is 5.92 Å². The molecule has 0 aromatic heterocycles. The summed E-state index contributed by atoms with van der Waals surface area (Å²) in [5.41, 5.74) is 0. The van der Waals surface area contributed by atoms with Crippen molar-refractivity contribution in [1.82, 2.24) is 0 Å². The second-order valence-electron chi connectivity index (χ2n) is 3.19. The smallest absolute Gasteiger partial charge is 0.216 e. The molecule has 0 spiro atoms. The van der Waals surface area contributed by atoms with E-state index in [-0.39, 0.29) is 11.7 Å². The van der Waals surface area contributed by atoms with Gasteiger partial charge in [-0.15, -0.1) is 0 Å². The van der Waals surface area contributed by atoms with Gasteiger partial charge in [-0.25, -0.2) is 13.6 Å². The van der Waals surface area contributed by atoms with Gasteiger partial charge in [0.15, 0.2) is 5.78 Å². The molecule has 0 bridgehead atoms. The van der Waals surface area contributed by atoms with Crippen LogP contribution in [0.5, 0.6) is 0 Å². The van der Waals surface area contributed by atoms with Gasteiger partial charge >= 0.3 is 0 Å². The minimum absolute atomic E-state index is 0.0999. The number of hydrogen-bond donors (Lipinski definition) is 1. The molecule has 13 heavy (non-hydrogen) atoms. The number of thioether (sulfide) groups is 1. The van der Waals surface area contributed by atoms with Crippen molar-refractivity contribution < 1.29 is 13.2 Å². The number of Topliss-reactive ketones (excluding diaryl/α,β-unsaturated/α-hetero) is 1. The molecule has 0 saturated carbocycles. The minimum atomic E-state index is -3.63. The molecular formula is C7H13NO3S2. The van der Waals surface area contributed by atoms with Crippen LogP contribution in [0.15, 0.2) is 0 Å². The normalized spacial score (nSPS) is 24.2. The predicted octanol–water partition coefficient (Wildman–Crippen LogP) is -0.0128. The summed E-state index contributed by atoms with van der Waals surface area (Å²) in [4.78, 5) is 11.3. The van der Waals surface area contributed by atoms with Gasteiger partial charge in [-0.1, -0.05) is 0 Å². The van der Waals surface area contributed by atoms with E-state index in [0.717, 1.165) is 24.3 Å². The Kier molecular flexibility index (Phi) is 3.75. The van der Waals surface area contributed by atoms with Crippen LogP contribution in [0.25, 0.3) is 0 Å². The zero-order valence-corrected chi connectivity index (χ0v) is 8.86. The molecule has 76 valence electrons. The number of rotatable bonds is 3. The summed E-state index contributed by atoms with van der Waals surface area (Å²) in [5.74, 6) is 0.984. The lowest BCUT2D eigenvalue weighted by Gasteiger charge is -2.19. The summed E-state index contributed by atoms with van der Waals surface area (Å²) in [6.45, 7) is 0. The molecule has 1 saturated heterocycles. The monoisotopic (exact) mass is 223 g/mol. The summed E-state index contributed by atoms with van der Waals surface area (Å²) >= 11 is 1.70. The fraction of sp³-hybridized carbons (Fsp3) is 0.857. The Balaban J connectivity index is 2.47. The number of sulfonamides is 1. The molecule has 0 radical (unpaired) electrons. The van der Waals surface area contributed by atoms with Crippen LogP contribution in [0.4, 0.5) is 0 Å². The molecule has 1 atom stereocenters. The highest BCUT2D eigenvalue weighted by Crippen LogP contribution is 2.23. The number of ketones is 1. The third-order valence-corrected chi connectivity index (χ3v) is 3.86. The van der Waals surface area contributed by atoms with Gasteiger partial charge in [0.05, 0.1) is 0 Å². The van der Waals surface area contributed by atoms with Crippen molar-refractivity contribution in [3.05, 3.63) is 0 Å². The van der Waals surface area contributed by atoms with Crippen LogP contribution >= 0.6 is 11.8 Å². The minimum Gasteiger partial charge on any atom is -0.298 e. The number of hydrogen-bond acceptors (Lipinski definition) is 4. The van der Waals surface area contributed by atoms with E-state index in [1.54, 1.807) is 11.8 Å². The molecule has 0 aromatic carbocycles. The number of carbonyl (C=O) groups is 1. The first-order valence-electron chi connectivity index (χ1n) is 4.10. The fourth-order valence-corrected chi connectivity index (χ4v) is 3.12. The van der Waals surface area contributed by atoms with Crippen molar-refractivity contribution in [2.75, 3.05) is 17.3 Å². The first-order chi connectivity index (χ1) is 5.99. The molecular weight excluding hydrogens is 210 g/mol. The zero-order valence-electron chi connectivity index (χ0n) is 7.23. The van der Waals surface area contributed by atoms with Gasteiger partial charge in [0.25, 0.3) is 0 Å². The van der Waals surface area contributed by atoms with E-state index in [2.05, 4.69) is 0 Å². The summed E-state index contributed by atoms with van der Waals surface area (Å²) in [6.07, 6.45) is 1.80. The maximum absolute atomic E-state index is 11.3. The van der Waals surface area contributed by atoms with Crippen LogP contribution in [-0.2, 0) is 14.8 Å². The molecule has 1 heterocycles. The Labute approximate surface area is 82.3 Å². The topological polar surface area (TPSA) is 77.2 Å². The molecule has 0 amide bonds. The average Bonchev–Trinajstić information content (AvgIpc) is 2.03. The number of primary sulfonamides is 1. The highest BCUT2D eigenvalue weighted by atomic mass is 32.2. The third-order valence-electron chi connectivity index (χ3n) is 1.96. The van der Waals surface area contributed by atoms with Crippen molar-refractivity contribution in [2.24, 2.45) is 11.1 Å². The van der Waals surface area contributed by atoms with Gasteiger partial charge in [-0.3, -0.25) is 4.79 Å². The summed E-state index contributed by atoms with van der Waals surface area (Å²) in [7, 11) is -3.63. The second-order valence-corrected chi connectivity index (χ2v) is 5.95. The Morgan fingerprint density at radius 2 is 2.23 bits per heavy atom. The highest BCUT2D eigenvalue weighted by molar-refractivity contribution is 7.99. The summed E-state index contributed by atoms with van der Waals surface area (Å²) in [6, 6.07) is 0. The SMILES string of the molecule is NS(=O)(=O)CC(=O)C1CCCSC1. The van der Waals surface area contributed by atoms with E-state index in [1.807, 2.05) is 0 Å². The Morgan fingerprint density at radius 3 is 2.69 bits per heavy atom. The standard InChI is InChI=1S/C7H13NO3S2/c8-13(10,11)5-7(9)6-2-1-3-12-4-6/h6H,1-5H2,(H2,8,10,11). The van der Waals surface area contributed by atoms with E-state index in [9.17, 15) is 13.2 Å². The molecule has 1 aliphatic heterocycles. The van der Waals surface area contributed by atoms with Crippen LogP contribution in [0.2, 0.25) is 0 Å². The number of carbonyl (C=O) groups excluding carboxylic acids is 1. The Hall–Kier alpha value is -0.0700. The molecule has 2 N–H and O–H groups in total. The van der Waals surface area contributed by atoms with E-state index >= 15 is 0 Å². The Morgan fingerprint density at radius 1 is 1.54 bits per heavy atom. The quantitative estimate of drug-likeness (QED) is 0.730. The van der Waals surface area contributed by atoms with Crippen LogP contribution < -0.4 is 5.14 Å². The average molecular weight is 223 g/mol. The van der Waals surface area contributed by atoms with Crippen LogP contribution in [0.3, 0.4) is 0 Å². The van der Waals surface area contributed by atoms with E-state index in [0.29, 0.717) is 0 Å². The largest absolute Gasteiger partial charge is 0.298 e. The Bertz CT molecular complexity index is 280. The van der Waals surface area contributed by atoms with Gasteiger partial charge in [-0.2, -0.15) is 11.8 Å². The maximum atomic E-state index is 11.3. The van der Waals surface area contributed by atoms with Crippen LogP contribution in [0.1, 0.15) is 12.8 Å². The van der Waals surface area contributed by atoms with Crippen molar-refractivity contribution in [3.8, 4) is 0 Å². The van der Waals surface area contributed by atoms with Crippen molar-refractivity contribution in [2.45, 2.75) is 12.8 Å². The van der Waals surface area contributed by atoms with Gasteiger partial charge in [0.1, 0.15) is 5.75 Å². The van der Waals surface area contributed by atoms with Gasteiger partial charge in [0, 0.05) is 11.7 Å². The van der Waals surface area contributed by atoms with Crippen LogP contribution in [-0.4, -0.2) is 31.5 Å². The third kappa shape index (κ3) is 4.10. The number of nitrogens with two attached hydrogens (primary N) is 1.